The van der Waals surface area contributed by atoms with Gasteiger partial charge in [-0.25, -0.2) is 0 Å². The van der Waals surface area contributed by atoms with Crippen molar-refractivity contribution in [3.8, 4) is 23.0 Å². The third kappa shape index (κ3) is 5.79. The molecule has 0 spiro atoms. The highest BCUT2D eigenvalue weighted by Crippen LogP contribution is 2.42. The predicted octanol–water partition coefficient (Wildman–Crippen LogP) is 4.75. The highest BCUT2D eigenvalue weighted by Gasteiger charge is 2.43. The number of hydrogen-bond acceptors (Lipinski definition) is 9. The van der Waals surface area contributed by atoms with E-state index in [4.69, 9.17) is 18.9 Å². The Morgan fingerprint density at radius 2 is 1.43 bits per heavy atom. The zero-order chi connectivity index (χ0) is 32.5. The van der Waals surface area contributed by atoms with Crippen molar-refractivity contribution in [2.75, 3.05) is 52.0 Å². The highest BCUT2D eigenvalue weighted by molar-refractivity contribution is 6.04. The van der Waals surface area contributed by atoms with Crippen LogP contribution in [0.3, 0.4) is 0 Å². The van der Waals surface area contributed by atoms with E-state index in [1.807, 2.05) is 18.0 Å². The number of aliphatic imine (C=N–C) groups is 1. The molecule has 2 aromatic carbocycles. The Balaban J connectivity index is 1.05. The van der Waals surface area contributed by atoms with E-state index < -0.39 is 6.23 Å². The van der Waals surface area contributed by atoms with Crippen LogP contribution in [-0.4, -0.2) is 98.3 Å². The lowest BCUT2D eigenvalue weighted by Gasteiger charge is -2.33. The van der Waals surface area contributed by atoms with Crippen molar-refractivity contribution in [2.45, 2.75) is 57.3 Å². The van der Waals surface area contributed by atoms with Gasteiger partial charge in [0.15, 0.2) is 23.0 Å². The van der Waals surface area contributed by atoms with Crippen molar-refractivity contribution in [1.82, 2.24) is 9.80 Å². The maximum absolute atomic E-state index is 13.5. The molecule has 0 saturated carbocycles. The number of amides is 2. The second-order valence-electron chi connectivity index (χ2n) is 12.2. The number of benzene rings is 2. The Morgan fingerprint density at radius 3 is 2.11 bits per heavy atom. The SMILES string of the molecule is C=C1C[C@H]2C=Nc3cc(OCCCCCOc4cc5c(cc4OC)C(=O)N4CC(=C)C[C@H]4[C@H](O)N5CC)c(OC)cc3C(=O)N2C1. The van der Waals surface area contributed by atoms with Crippen LogP contribution in [0.2, 0.25) is 0 Å². The van der Waals surface area contributed by atoms with Crippen molar-refractivity contribution in [3.05, 3.63) is 59.7 Å². The first kappa shape index (κ1) is 31.5. The van der Waals surface area contributed by atoms with E-state index in [2.05, 4.69) is 18.2 Å². The van der Waals surface area contributed by atoms with Gasteiger partial charge in [-0.3, -0.25) is 14.6 Å². The van der Waals surface area contributed by atoms with E-state index >= 15 is 0 Å². The summed E-state index contributed by atoms with van der Waals surface area (Å²) in [5.74, 6) is 1.81. The van der Waals surface area contributed by atoms with Gasteiger partial charge >= 0.3 is 0 Å². The van der Waals surface area contributed by atoms with Gasteiger partial charge in [-0.05, 0) is 51.2 Å². The molecule has 3 atom stereocenters. The summed E-state index contributed by atoms with van der Waals surface area (Å²) in [6.07, 6.45) is 4.65. The van der Waals surface area contributed by atoms with Gasteiger partial charge < -0.3 is 38.8 Å². The number of anilines is 1. The van der Waals surface area contributed by atoms with Gasteiger partial charge in [-0.15, -0.1) is 0 Å². The molecule has 4 aliphatic rings. The molecule has 46 heavy (non-hydrogen) atoms. The van der Waals surface area contributed by atoms with Crippen LogP contribution in [0, 0.1) is 0 Å². The van der Waals surface area contributed by atoms with Crippen molar-refractivity contribution >= 4 is 29.4 Å². The standard InChI is InChI=1S/C35H42N4O7/c1-6-37-27-17-32(30(44-5)15-25(27)34(41)39-20-22(3)13-28(39)35(37)42)46-11-9-7-8-10-45-31-16-26-24(14-29(31)43-4)33(40)38-19-21(2)12-23(38)18-36-26/h14-18,23,28,35,42H,2-3,6-13,19-20H2,1,4-5H3/t23-,28-,35-/m0/s1. The Hall–Kier alpha value is -4.51. The molecule has 0 aliphatic carbocycles. The van der Waals surface area contributed by atoms with Gasteiger partial charge in [0.2, 0.25) is 0 Å². The topological polar surface area (TPSA) is 113 Å². The van der Waals surface area contributed by atoms with Crippen LogP contribution in [0.15, 0.2) is 53.6 Å². The molecule has 6 rings (SSSR count). The van der Waals surface area contributed by atoms with E-state index in [9.17, 15) is 14.7 Å². The number of nitrogens with zero attached hydrogens (tertiary/aromatic N) is 4. The number of methoxy groups -OCH3 is 2. The van der Waals surface area contributed by atoms with Crippen LogP contribution < -0.4 is 23.8 Å². The minimum atomic E-state index is -0.848. The average molecular weight is 631 g/mol. The smallest absolute Gasteiger partial charge is 0.257 e. The summed E-state index contributed by atoms with van der Waals surface area (Å²) in [5.41, 5.74) is 4.14. The monoisotopic (exact) mass is 630 g/mol. The van der Waals surface area contributed by atoms with Gasteiger partial charge in [0.25, 0.3) is 11.8 Å². The van der Waals surface area contributed by atoms with Crippen molar-refractivity contribution in [2.24, 2.45) is 4.99 Å². The third-order valence-electron chi connectivity index (χ3n) is 9.13. The van der Waals surface area contributed by atoms with E-state index in [1.54, 1.807) is 48.3 Å². The van der Waals surface area contributed by atoms with Crippen LogP contribution in [0.4, 0.5) is 11.4 Å². The van der Waals surface area contributed by atoms with E-state index in [0.717, 1.165) is 36.8 Å². The Labute approximate surface area is 269 Å². The third-order valence-corrected chi connectivity index (χ3v) is 9.13. The maximum Gasteiger partial charge on any atom is 0.257 e. The molecule has 2 saturated heterocycles. The fourth-order valence-electron chi connectivity index (χ4n) is 6.76. The van der Waals surface area contributed by atoms with Gasteiger partial charge in [0.1, 0.15) is 6.23 Å². The Kier molecular flexibility index (Phi) is 8.95. The van der Waals surface area contributed by atoms with Gasteiger partial charge in [-0.1, -0.05) is 24.3 Å². The second-order valence-corrected chi connectivity index (χ2v) is 12.2. The van der Waals surface area contributed by atoms with E-state index in [0.29, 0.717) is 84.8 Å². The molecule has 0 bridgehead atoms. The maximum atomic E-state index is 13.5. The van der Waals surface area contributed by atoms with Crippen molar-refractivity contribution in [3.63, 3.8) is 0 Å². The summed E-state index contributed by atoms with van der Waals surface area (Å²) in [7, 11) is 3.11. The molecule has 4 heterocycles. The number of ether oxygens (including phenoxy) is 4. The average Bonchev–Trinajstić information content (AvgIpc) is 3.59. The van der Waals surface area contributed by atoms with E-state index in [1.165, 1.54) is 0 Å². The summed E-state index contributed by atoms with van der Waals surface area (Å²) in [6, 6.07) is 6.58. The van der Waals surface area contributed by atoms with Crippen LogP contribution in [0.25, 0.3) is 0 Å². The molecular formula is C35H42N4O7. The fourth-order valence-corrected chi connectivity index (χ4v) is 6.76. The number of carbonyl (C=O) groups excluding carboxylic acids is 2. The Morgan fingerprint density at radius 1 is 0.826 bits per heavy atom. The summed E-state index contributed by atoms with van der Waals surface area (Å²) in [4.78, 5) is 36.7. The Bertz CT molecular complexity index is 1590. The normalized spacial score (nSPS) is 21.8. The molecule has 2 aromatic rings. The fraction of sp³-hybridized carbons (Fsp3) is 0.457. The highest BCUT2D eigenvalue weighted by atomic mass is 16.5. The summed E-state index contributed by atoms with van der Waals surface area (Å²) < 4.78 is 23.4. The molecular weight excluding hydrogens is 588 g/mol. The largest absolute Gasteiger partial charge is 0.493 e. The van der Waals surface area contributed by atoms with Gasteiger partial charge in [0.05, 0.1) is 62.0 Å². The predicted molar refractivity (Wildman–Crippen MR) is 175 cm³/mol. The molecule has 2 amide bonds. The number of rotatable bonds is 11. The van der Waals surface area contributed by atoms with Crippen LogP contribution >= 0.6 is 0 Å². The number of carbonyl (C=O) groups is 2. The molecule has 244 valence electrons. The second kappa shape index (κ2) is 13.1. The van der Waals surface area contributed by atoms with E-state index in [-0.39, 0.29) is 23.9 Å². The molecule has 0 aromatic heterocycles. The van der Waals surface area contributed by atoms with Crippen molar-refractivity contribution in [1.29, 1.82) is 0 Å². The lowest BCUT2D eigenvalue weighted by atomic mass is 10.1. The zero-order valence-electron chi connectivity index (χ0n) is 26.8. The van der Waals surface area contributed by atoms with Crippen LogP contribution in [0.5, 0.6) is 23.0 Å². The first-order chi connectivity index (χ1) is 22.2. The molecule has 11 nitrogen and oxygen atoms in total. The lowest BCUT2D eigenvalue weighted by Crippen LogP contribution is -2.48. The minimum Gasteiger partial charge on any atom is -0.493 e. The molecule has 0 unspecified atom stereocenters. The molecule has 2 fully saturated rings. The summed E-state index contributed by atoms with van der Waals surface area (Å²) >= 11 is 0. The molecule has 0 radical (unpaired) electrons. The van der Waals surface area contributed by atoms with Crippen LogP contribution in [0.1, 0.15) is 59.7 Å². The van der Waals surface area contributed by atoms with Crippen LogP contribution in [-0.2, 0) is 0 Å². The molecule has 1 N–H and O–H groups in total. The lowest BCUT2D eigenvalue weighted by molar-refractivity contribution is 0.0516. The van der Waals surface area contributed by atoms with Gasteiger partial charge in [-0.2, -0.15) is 0 Å². The number of fused-ring (bicyclic) bond motifs is 4. The number of likely N-dealkylation sites (N-methyl/N-ethyl adjacent to an activating group) is 1. The molecule has 4 aliphatic heterocycles. The number of aliphatic hydroxyl groups excluding tert-OH is 1. The summed E-state index contributed by atoms with van der Waals surface area (Å²) in [5, 5.41) is 11.2. The first-order valence-corrected chi connectivity index (χ1v) is 15.9. The minimum absolute atomic E-state index is 0.0750. The first-order valence-electron chi connectivity index (χ1n) is 15.9. The quantitative estimate of drug-likeness (QED) is 0.280. The zero-order valence-corrected chi connectivity index (χ0v) is 26.8. The number of aliphatic hydroxyl groups is 1. The molecule has 11 heteroatoms. The number of unbranched alkanes of at least 4 members (excludes halogenated alkanes) is 2. The van der Waals surface area contributed by atoms with Gasteiger partial charge in [0, 0.05) is 38.0 Å². The summed E-state index contributed by atoms with van der Waals surface area (Å²) in [6.45, 7) is 12.4. The van der Waals surface area contributed by atoms with Crippen molar-refractivity contribution < 1.29 is 33.6 Å². The number of hydrogen-bond donors (Lipinski definition) is 1.